The lowest BCUT2D eigenvalue weighted by Crippen LogP contribution is -2.12. The second-order valence-electron chi connectivity index (χ2n) is 13.6. The van der Waals surface area contributed by atoms with Gasteiger partial charge in [-0.25, -0.2) is 0 Å². The van der Waals surface area contributed by atoms with Crippen molar-refractivity contribution in [3.63, 3.8) is 0 Å². The van der Waals surface area contributed by atoms with E-state index in [-0.39, 0.29) is 0 Å². The molecule has 0 radical (unpaired) electrons. The van der Waals surface area contributed by atoms with Crippen molar-refractivity contribution in [1.82, 2.24) is 0 Å². The molecule has 0 fully saturated rings. The number of hydrogen-bond acceptors (Lipinski definition) is 3. The molecule has 2 heterocycles. The first-order valence-electron chi connectivity index (χ1n) is 18.0. The van der Waals surface area contributed by atoms with E-state index in [0.717, 1.165) is 83.2 Å². The molecule has 0 atom stereocenters. The average molecular weight is 678 g/mol. The van der Waals surface area contributed by atoms with Gasteiger partial charge in [-0.1, -0.05) is 146 Å². The van der Waals surface area contributed by atoms with Crippen molar-refractivity contribution in [3.05, 3.63) is 188 Å². The molecule has 0 unspecified atom stereocenters. The molecular formula is C50H31NO2. The Morgan fingerprint density at radius 2 is 0.755 bits per heavy atom. The van der Waals surface area contributed by atoms with E-state index in [9.17, 15) is 0 Å². The quantitative estimate of drug-likeness (QED) is 0.170. The highest BCUT2D eigenvalue weighted by Gasteiger charge is 2.27. The Bertz CT molecular complexity index is 3020. The number of nitrogens with zero attached hydrogens (tertiary/aromatic N) is 1. The summed E-state index contributed by atoms with van der Waals surface area (Å²) >= 11 is 0. The molecule has 0 spiro atoms. The van der Waals surface area contributed by atoms with Crippen LogP contribution in [0.5, 0.6) is 0 Å². The standard InChI is InChI=1S/C50H31NO2/c1-3-14-32(15-4-1)37-28-30-42(47-39-21-9-11-24-44(39)52-49(37)47)51(41-23-13-19-35-27-26-34-18-7-8-20-36(34)46(35)41)43-31-29-38(33-16-5-2-6-17-33)50-48(43)40-22-10-12-25-45(40)53-50/h1-31H. The third-order valence-electron chi connectivity index (χ3n) is 10.6. The van der Waals surface area contributed by atoms with Crippen LogP contribution in [0.15, 0.2) is 197 Å². The lowest BCUT2D eigenvalue weighted by molar-refractivity contribution is 0.670. The highest BCUT2D eigenvalue weighted by Crippen LogP contribution is 2.52. The predicted molar refractivity (Wildman–Crippen MR) is 222 cm³/mol. The number of anilines is 3. The van der Waals surface area contributed by atoms with Crippen molar-refractivity contribution in [2.75, 3.05) is 4.90 Å². The van der Waals surface area contributed by atoms with E-state index >= 15 is 0 Å². The number of rotatable bonds is 5. The minimum absolute atomic E-state index is 0.855. The van der Waals surface area contributed by atoms with Gasteiger partial charge in [0.05, 0.1) is 27.8 Å². The zero-order valence-electron chi connectivity index (χ0n) is 28.7. The van der Waals surface area contributed by atoms with Gasteiger partial charge in [-0.2, -0.15) is 0 Å². The molecule has 0 saturated carbocycles. The summed E-state index contributed by atoms with van der Waals surface area (Å²) in [6, 6.07) is 66.6. The SMILES string of the molecule is c1ccc(-c2ccc(N(c3cccc4ccc5ccccc5c34)c3ccc(-c4ccccc4)c4oc5ccccc5c34)c3c2oc2ccccc23)cc1. The average Bonchev–Trinajstić information content (AvgIpc) is 3.82. The van der Waals surface area contributed by atoms with Gasteiger partial charge in [-0.3, -0.25) is 0 Å². The van der Waals surface area contributed by atoms with Crippen LogP contribution in [0.4, 0.5) is 17.1 Å². The van der Waals surface area contributed by atoms with Crippen molar-refractivity contribution < 1.29 is 8.83 Å². The third-order valence-corrected chi connectivity index (χ3v) is 10.6. The maximum atomic E-state index is 6.83. The Morgan fingerprint density at radius 3 is 1.34 bits per heavy atom. The van der Waals surface area contributed by atoms with E-state index in [1.165, 1.54) is 21.5 Å². The molecule has 3 nitrogen and oxygen atoms in total. The summed E-state index contributed by atoms with van der Waals surface area (Å²) in [5.41, 5.74) is 10.9. The Labute approximate surface area is 305 Å². The number of hydrogen-bond donors (Lipinski definition) is 0. The maximum absolute atomic E-state index is 6.83. The highest BCUT2D eigenvalue weighted by molar-refractivity contribution is 6.24. The first kappa shape index (κ1) is 29.6. The zero-order valence-corrected chi connectivity index (χ0v) is 28.7. The van der Waals surface area contributed by atoms with Crippen molar-refractivity contribution in [1.29, 1.82) is 0 Å². The van der Waals surface area contributed by atoms with Gasteiger partial charge in [0.25, 0.3) is 0 Å². The second kappa shape index (κ2) is 11.7. The normalized spacial score (nSPS) is 11.8. The van der Waals surface area contributed by atoms with Crippen LogP contribution >= 0.6 is 0 Å². The fraction of sp³-hybridized carbons (Fsp3) is 0. The highest BCUT2D eigenvalue weighted by atomic mass is 16.3. The summed E-state index contributed by atoms with van der Waals surface area (Å²) < 4.78 is 13.7. The van der Waals surface area contributed by atoms with Crippen LogP contribution in [0.1, 0.15) is 0 Å². The summed E-state index contributed by atoms with van der Waals surface area (Å²) in [6.45, 7) is 0. The number of benzene rings is 9. The third kappa shape index (κ3) is 4.54. The van der Waals surface area contributed by atoms with E-state index in [0.29, 0.717) is 0 Å². The smallest absolute Gasteiger partial charge is 0.145 e. The van der Waals surface area contributed by atoms with Crippen LogP contribution < -0.4 is 4.90 Å². The largest absolute Gasteiger partial charge is 0.455 e. The lowest BCUT2D eigenvalue weighted by Gasteiger charge is -2.29. The molecule has 11 rings (SSSR count). The summed E-state index contributed by atoms with van der Waals surface area (Å²) in [4.78, 5) is 2.45. The van der Waals surface area contributed by atoms with E-state index in [1.807, 2.05) is 12.1 Å². The Morgan fingerprint density at radius 1 is 0.302 bits per heavy atom. The van der Waals surface area contributed by atoms with Crippen molar-refractivity contribution in [2.24, 2.45) is 0 Å². The minimum Gasteiger partial charge on any atom is -0.455 e. The Kier molecular flexibility index (Phi) is 6.55. The second-order valence-corrected chi connectivity index (χ2v) is 13.6. The van der Waals surface area contributed by atoms with Crippen LogP contribution in [0.2, 0.25) is 0 Å². The van der Waals surface area contributed by atoms with Crippen LogP contribution in [-0.4, -0.2) is 0 Å². The van der Waals surface area contributed by atoms with Gasteiger partial charge >= 0.3 is 0 Å². The minimum atomic E-state index is 0.855. The Hall–Kier alpha value is -7.10. The van der Waals surface area contributed by atoms with Gasteiger partial charge in [0, 0.05) is 27.3 Å². The Balaban J connectivity index is 1.32. The summed E-state index contributed by atoms with van der Waals surface area (Å²) in [5, 5.41) is 9.03. The van der Waals surface area contributed by atoms with Crippen LogP contribution in [0, 0.1) is 0 Å². The van der Waals surface area contributed by atoms with Gasteiger partial charge < -0.3 is 13.7 Å². The number of para-hydroxylation sites is 2. The fourth-order valence-electron chi connectivity index (χ4n) is 8.30. The molecular weight excluding hydrogens is 647 g/mol. The van der Waals surface area contributed by atoms with E-state index < -0.39 is 0 Å². The van der Waals surface area contributed by atoms with Crippen molar-refractivity contribution >= 4 is 82.5 Å². The van der Waals surface area contributed by atoms with Crippen LogP contribution in [-0.2, 0) is 0 Å². The molecule has 0 aliphatic heterocycles. The molecule has 2 aromatic heterocycles. The van der Waals surface area contributed by atoms with Gasteiger partial charge in [0.15, 0.2) is 0 Å². The molecule has 0 aliphatic carbocycles. The molecule has 0 bridgehead atoms. The van der Waals surface area contributed by atoms with E-state index in [4.69, 9.17) is 8.83 Å². The van der Waals surface area contributed by atoms with Crippen LogP contribution in [0.25, 0.3) is 87.7 Å². The van der Waals surface area contributed by atoms with E-state index in [2.05, 4.69) is 181 Å². The molecule has 0 amide bonds. The molecule has 3 heteroatoms. The topological polar surface area (TPSA) is 29.5 Å². The van der Waals surface area contributed by atoms with Gasteiger partial charge in [0.1, 0.15) is 22.3 Å². The van der Waals surface area contributed by atoms with Gasteiger partial charge in [-0.05, 0) is 69.8 Å². The molecule has 0 aliphatic rings. The molecule has 11 aromatic rings. The van der Waals surface area contributed by atoms with Crippen LogP contribution in [0.3, 0.4) is 0 Å². The van der Waals surface area contributed by atoms with Gasteiger partial charge in [-0.15, -0.1) is 0 Å². The molecule has 0 saturated heterocycles. The number of furan rings is 2. The van der Waals surface area contributed by atoms with E-state index in [1.54, 1.807) is 0 Å². The molecule has 0 N–H and O–H groups in total. The molecule has 9 aromatic carbocycles. The summed E-state index contributed by atoms with van der Waals surface area (Å²) in [7, 11) is 0. The first-order valence-corrected chi connectivity index (χ1v) is 18.0. The molecule has 53 heavy (non-hydrogen) atoms. The predicted octanol–water partition coefficient (Wildman–Crippen LogP) is 14.6. The van der Waals surface area contributed by atoms with Crippen molar-refractivity contribution in [3.8, 4) is 22.3 Å². The van der Waals surface area contributed by atoms with Crippen molar-refractivity contribution in [2.45, 2.75) is 0 Å². The zero-order chi connectivity index (χ0) is 34.9. The summed E-state index contributed by atoms with van der Waals surface area (Å²) in [5.74, 6) is 0. The fourth-order valence-corrected chi connectivity index (χ4v) is 8.30. The lowest BCUT2D eigenvalue weighted by atomic mass is 9.96. The maximum Gasteiger partial charge on any atom is 0.145 e. The van der Waals surface area contributed by atoms with Gasteiger partial charge in [0.2, 0.25) is 0 Å². The monoisotopic (exact) mass is 677 g/mol. The first-order chi connectivity index (χ1) is 26.3. The number of fused-ring (bicyclic) bond motifs is 9. The molecule has 248 valence electrons. The summed E-state index contributed by atoms with van der Waals surface area (Å²) in [6.07, 6.45) is 0.